The Bertz CT molecular complexity index is 550. The SMILES string of the molecule is CN(c1ncc(F)cc1CCl)C1CCS(=O)(=O)C1. The molecule has 0 N–H and O–H groups in total. The third kappa shape index (κ3) is 2.75. The molecule has 0 radical (unpaired) electrons. The number of alkyl halides is 1. The molecule has 1 saturated heterocycles. The first-order chi connectivity index (χ1) is 8.43. The molecular formula is C11H14ClFN2O2S. The molecule has 0 aliphatic carbocycles. The number of anilines is 1. The van der Waals surface area contributed by atoms with E-state index in [0.717, 1.165) is 6.20 Å². The van der Waals surface area contributed by atoms with Crippen molar-refractivity contribution in [1.29, 1.82) is 0 Å². The second-order valence-corrected chi connectivity index (χ2v) is 6.93. The summed E-state index contributed by atoms with van der Waals surface area (Å²) in [5, 5.41) is 0. The van der Waals surface area contributed by atoms with Crippen LogP contribution in [0.4, 0.5) is 10.2 Å². The van der Waals surface area contributed by atoms with Crippen molar-refractivity contribution in [3.63, 3.8) is 0 Å². The van der Waals surface area contributed by atoms with Crippen molar-refractivity contribution >= 4 is 27.3 Å². The predicted molar refractivity (Wildman–Crippen MR) is 69.2 cm³/mol. The van der Waals surface area contributed by atoms with Crippen molar-refractivity contribution in [1.82, 2.24) is 4.98 Å². The van der Waals surface area contributed by atoms with Crippen molar-refractivity contribution in [2.45, 2.75) is 18.3 Å². The normalized spacial score (nSPS) is 22.1. The quantitative estimate of drug-likeness (QED) is 0.794. The van der Waals surface area contributed by atoms with E-state index in [-0.39, 0.29) is 23.4 Å². The molecule has 2 heterocycles. The van der Waals surface area contributed by atoms with E-state index in [4.69, 9.17) is 11.6 Å². The van der Waals surface area contributed by atoms with Crippen molar-refractivity contribution in [3.05, 3.63) is 23.6 Å². The standard InChI is InChI=1S/C11H14ClFN2O2S/c1-15(10-2-3-18(16,17)7-10)11-8(5-12)4-9(13)6-14-11/h4,6,10H,2-3,5,7H2,1H3. The molecule has 0 bridgehead atoms. The molecule has 0 saturated carbocycles. The highest BCUT2D eigenvalue weighted by atomic mass is 35.5. The minimum Gasteiger partial charge on any atom is -0.355 e. The van der Waals surface area contributed by atoms with Crippen LogP contribution >= 0.6 is 11.6 Å². The Labute approximate surface area is 111 Å². The van der Waals surface area contributed by atoms with Gasteiger partial charge in [-0.2, -0.15) is 0 Å². The Morgan fingerprint density at radius 1 is 1.61 bits per heavy atom. The van der Waals surface area contributed by atoms with Gasteiger partial charge in [0.1, 0.15) is 11.6 Å². The van der Waals surface area contributed by atoms with Gasteiger partial charge in [-0.3, -0.25) is 0 Å². The molecule has 4 nitrogen and oxygen atoms in total. The van der Waals surface area contributed by atoms with Crippen LogP contribution in [0.2, 0.25) is 0 Å². The molecule has 100 valence electrons. The zero-order valence-corrected chi connectivity index (χ0v) is 11.5. The molecular weight excluding hydrogens is 279 g/mol. The van der Waals surface area contributed by atoms with E-state index < -0.39 is 15.7 Å². The predicted octanol–water partition coefficient (Wildman–Crippen LogP) is 1.58. The van der Waals surface area contributed by atoms with E-state index in [1.807, 2.05) is 0 Å². The van der Waals surface area contributed by atoms with Gasteiger partial charge >= 0.3 is 0 Å². The maximum Gasteiger partial charge on any atom is 0.152 e. The fourth-order valence-electron chi connectivity index (χ4n) is 2.14. The molecule has 1 atom stereocenters. The molecule has 1 unspecified atom stereocenters. The number of nitrogens with zero attached hydrogens (tertiary/aromatic N) is 2. The van der Waals surface area contributed by atoms with Crippen LogP contribution in [0.25, 0.3) is 0 Å². The fourth-order valence-corrected chi connectivity index (χ4v) is 4.11. The van der Waals surface area contributed by atoms with Crippen LogP contribution in [0.1, 0.15) is 12.0 Å². The molecule has 7 heteroatoms. The maximum atomic E-state index is 13.1. The average Bonchev–Trinajstić information content (AvgIpc) is 2.68. The van der Waals surface area contributed by atoms with Gasteiger partial charge in [0, 0.05) is 18.7 Å². The Morgan fingerprint density at radius 3 is 2.89 bits per heavy atom. The van der Waals surface area contributed by atoms with Crippen LogP contribution in [0, 0.1) is 5.82 Å². The zero-order chi connectivity index (χ0) is 13.3. The van der Waals surface area contributed by atoms with Crippen molar-refractivity contribution in [2.75, 3.05) is 23.5 Å². The smallest absolute Gasteiger partial charge is 0.152 e. The molecule has 18 heavy (non-hydrogen) atoms. The molecule has 0 aromatic carbocycles. The van der Waals surface area contributed by atoms with Gasteiger partial charge in [-0.1, -0.05) is 0 Å². The summed E-state index contributed by atoms with van der Waals surface area (Å²) in [7, 11) is -1.19. The lowest BCUT2D eigenvalue weighted by molar-refractivity contribution is 0.600. The minimum absolute atomic E-state index is 0.115. The summed E-state index contributed by atoms with van der Waals surface area (Å²) in [5.74, 6) is 0.559. The number of aromatic nitrogens is 1. The Morgan fingerprint density at radius 2 is 2.33 bits per heavy atom. The van der Waals surface area contributed by atoms with E-state index >= 15 is 0 Å². The fraction of sp³-hybridized carbons (Fsp3) is 0.545. The van der Waals surface area contributed by atoms with Gasteiger partial charge in [0.25, 0.3) is 0 Å². The molecule has 1 fully saturated rings. The second-order valence-electron chi connectivity index (χ2n) is 4.44. The van der Waals surface area contributed by atoms with Crippen LogP contribution in [0.5, 0.6) is 0 Å². The van der Waals surface area contributed by atoms with Crippen LogP contribution in [0.3, 0.4) is 0 Å². The van der Waals surface area contributed by atoms with Gasteiger partial charge in [-0.25, -0.2) is 17.8 Å². The van der Waals surface area contributed by atoms with Crippen LogP contribution < -0.4 is 4.90 Å². The minimum atomic E-state index is -2.95. The summed E-state index contributed by atoms with van der Waals surface area (Å²) in [5.41, 5.74) is 0.573. The highest BCUT2D eigenvalue weighted by Gasteiger charge is 2.31. The highest BCUT2D eigenvalue weighted by Crippen LogP contribution is 2.25. The number of hydrogen-bond acceptors (Lipinski definition) is 4. The van der Waals surface area contributed by atoms with Crippen molar-refractivity contribution in [2.24, 2.45) is 0 Å². The van der Waals surface area contributed by atoms with E-state index in [2.05, 4.69) is 4.98 Å². The van der Waals surface area contributed by atoms with E-state index in [1.54, 1.807) is 11.9 Å². The first-order valence-corrected chi connectivity index (χ1v) is 7.92. The van der Waals surface area contributed by atoms with Crippen LogP contribution in [-0.4, -0.2) is 38.0 Å². The summed E-state index contributed by atoms with van der Waals surface area (Å²) in [4.78, 5) is 5.79. The largest absolute Gasteiger partial charge is 0.355 e. The Balaban J connectivity index is 2.26. The molecule has 0 amide bonds. The number of halogens is 2. The van der Waals surface area contributed by atoms with Gasteiger partial charge in [-0.05, 0) is 12.5 Å². The Hall–Kier alpha value is -0.880. The third-order valence-corrected chi connectivity index (χ3v) is 5.18. The lowest BCUT2D eigenvalue weighted by Gasteiger charge is -2.26. The third-order valence-electron chi connectivity index (χ3n) is 3.14. The van der Waals surface area contributed by atoms with E-state index in [1.165, 1.54) is 6.07 Å². The monoisotopic (exact) mass is 292 g/mol. The van der Waals surface area contributed by atoms with Gasteiger partial charge < -0.3 is 4.90 Å². The van der Waals surface area contributed by atoms with E-state index in [9.17, 15) is 12.8 Å². The van der Waals surface area contributed by atoms with Gasteiger partial charge in [0.15, 0.2) is 9.84 Å². The molecule has 1 aliphatic heterocycles. The first-order valence-electron chi connectivity index (χ1n) is 5.56. The molecule has 1 aliphatic rings. The topological polar surface area (TPSA) is 50.3 Å². The molecule has 0 spiro atoms. The summed E-state index contributed by atoms with van der Waals surface area (Å²) >= 11 is 5.76. The second kappa shape index (κ2) is 5.01. The average molecular weight is 293 g/mol. The summed E-state index contributed by atoms with van der Waals surface area (Å²) in [6, 6.07) is 1.21. The van der Waals surface area contributed by atoms with Crippen LogP contribution in [0.15, 0.2) is 12.3 Å². The number of sulfone groups is 1. The van der Waals surface area contributed by atoms with Crippen LogP contribution in [-0.2, 0) is 15.7 Å². The molecule has 2 rings (SSSR count). The Kier molecular flexibility index (Phi) is 3.77. The van der Waals surface area contributed by atoms with E-state index in [0.29, 0.717) is 17.8 Å². The van der Waals surface area contributed by atoms with Gasteiger partial charge in [0.2, 0.25) is 0 Å². The van der Waals surface area contributed by atoms with Gasteiger partial charge in [-0.15, -0.1) is 11.6 Å². The molecule has 1 aromatic heterocycles. The number of hydrogen-bond donors (Lipinski definition) is 0. The maximum absolute atomic E-state index is 13.1. The summed E-state index contributed by atoms with van der Waals surface area (Å²) < 4.78 is 36.0. The lowest BCUT2D eigenvalue weighted by Crippen LogP contribution is -2.33. The molecule has 1 aromatic rings. The highest BCUT2D eigenvalue weighted by molar-refractivity contribution is 7.91. The summed E-state index contributed by atoms with van der Waals surface area (Å²) in [6.07, 6.45) is 1.69. The van der Waals surface area contributed by atoms with Crippen molar-refractivity contribution < 1.29 is 12.8 Å². The lowest BCUT2D eigenvalue weighted by atomic mass is 10.2. The number of rotatable bonds is 3. The van der Waals surface area contributed by atoms with Crippen molar-refractivity contribution in [3.8, 4) is 0 Å². The zero-order valence-electron chi connectivity index (χ0n) is 9.94. The number of pyridine rings is 1. The van der Waals surface area contributed by atoms with Gasteiger partial charge in [0.05, 0.1) is 23.6 Å². The summed E-state index contributed by atoms with van der Waals surface area (Å²) in [6.45, 7) is 0. The first kappa shape index (κ1) is 13.5.